The maximum atomic E-state index is 13.7. The molecule has 0 heterocycles. The summed E-state index contributed by atoms with van der Waals surface area (Å²) in [6.45, 7) is 0. The maximum absolute atomic E-state index is 13.7. The molecule has 1 aliphatic carbocycles. The van der Waals surface area contributed by atoms with E-state index in [4.69, 9.17) is 5.11 Å². The second-order valence-corrected chi connectivity index (χ2v) is 6.69. The minimum atomic E-state index is -7.09. The SMILES string of the molecule is O=C(O)/C(CCC(F)(F)C(F)(F)C(F)(F)C(F)(F)F)=C(/C(=O)O)C1CCCCC1. The number of halogens is 9. The van der Waals surface area contributed by atoms with Crippen molar-refractivity contribution in [2.45, 2.75) is 68.9 Å². The lowest BCUT2D eigenvalue weighted by atomic mass is 9.80. The molecule has 168 valence electrons. The Morgan fingerprint density at radius 2 is 1.24 bits per heavy atom. The average Bonchev–Trinajstić information content (AvgIpc) is 2.57. The predicted molar refractivity (Wildman–Crippen MR) is 79.0 cm³/mol. The molecule has 29 heavy (non-hydrogen) atoms. The topological polar surface area (TPSA) is 74.6 Å². The van der Waals surface area contributed by atoms with Crippen molar-refractivity contribution in [3.05, 3.63) is 11.1 Å². The van der Waals surface area contributed by atoms with Crippen LogP contribution in [0.15, 0.2) is 11.1 Å². The van der Waals surface area contributed by atoms with E-state index in [-0.39, 0.29) is 12.8 Å². The first-order valence-corrected chi connectivity index (χ1v) is 8.37. The summed E-state index contributed by atoms with van der Waals surface area (Å²) in [6.07, 6.45) is -9.02. The summed E-state index contributed by atoms with van der Waals surface area (Å²) in [4.78, 5) is 22.8. The van der Waals surface area contributed by atoms with Gasteiger partial charge in [0.2, 0.25) is 0 Å². The van der Waals surface area contributed by atoms with Crippen LogP contribution in [0.25, 0.3) is 0 Å². The van der Waals surface area contributed by atoms with Crippen LogP contribution >= 0.6 is 0 Å². The van der Waals surface area contributed by atoms with E-state index < -0.39 is 65.8 Å². The van der Waals surface area contributed by atoms with Crippen LogP contribution in [0.1, 0.15) is 44.9 Å². The van der Waals surface area contributed by atoms with Crippen molar-refractivity contribution in [2.75, 3.05) is 0 Å². The van der Waals surface area contributed by atoms with E-state index in [0.717, 1.165) is 0 Å². The van der Waals surface area contributed by atoms with Crippen molar-refractivity contribution in [1.82, 2.24) is 0 Å². The molecular weight excluding hydrogens is 427 g/mol. The molecule has 1 saturated carbocycles. The molecular formula is C16H17F9O4. The summed E-state index contributed by atoms with van der Waals surface area (Å²) in [5.41, 5.74) is -2.06. The van der Waals surface area contributed by atoms with Gasteiger partial charge in [0.1, 0.15) is 0 Å². The van der Waals surface area contributed by atoms with E-state index in [2.05, 4.69) is 0 Å². The van der Waals surface area contributed by atoms with Gasteiger partial charge in [-0.05, 0) is 25.2 Å². The van der Waals surface area contributed by atoms with Crippen molar-refractivity contribution in [3.8, 4) is 0 Å². The lowest BCUT2D eigenvalue weighted by Gasteiger charge is -2.33. The molecule has 0 saturated heterocycles. The number of rotatable bonds is 8. The largest absolute Gasteiger partial charge is 0.478 e. The fourth-order valence-corrected chi connectivity index (χ4v) is 3.14. The summed E-state index contributed by atoms with van der Waals surface area (Å²) >= 11 is 0. The highest BCUT2D eigenvalue weighted by molar-refractivity contribution is 5.99. The van der Waals surface area contributed by atoms with Crippen LogP contribution in [0, 0.1) is 5.92 Å². The molecule has 4 nitrogen and oxygen atoms in total. The van der Waals surface area contributed by atoms with Gasteiger partial charge in [0.15, 0.2) is 0 Å². The van der Waals surface area contributed by atoms with Gasteiger partial charge in [-0.2, -0.15) is 39.5 Å². The van der Waals surface area contributed by atoms with Crippen molar-refractivity contribution in [2.24, 2.45) is 5.92 Å². The molecule has 1 fully saturated rings. The summed E-state index contributed by atoms with van der Waals surface area (Å²) in [5, 5.41) is 18.4. The third kappa shape index (κ3) is 4.97. The Labute approximate surface area is 158 Å². The van der Waals surface area contributed by atoms with E-state index in [0.29, 0.717) is 19.3 Å². The molecule has 0 spiro atoms. The van der Waals surface area contributed by atoms with E-state index >= 15 is 0 Å². The molecule has 0 atom stereocenters. The van der Waals surface area contributed by atoms with Gasteiger partial charge in [-0.15, -0.1) is 0 Å². The number of carboxylic acid groups (broad SMARTS) is 2. The number of carboxylic acids is 2. The summed E-state index contributed by atoms with van der Waals surface area (Å²) in [7, 11) is 0. The van der Waals surface area contributed by atoms with Crippen LogP contribution in [0.2, 0.25) is 0 Å². The Bertz CT molecular complexity index is 662. The minimum absolute atomic E-state index is 0.178. The van der Waals surface area contributed by atoms with Crippen molar-refractivity contribution < 1.29 is 59.3 Å². The zero-order valence-corrected chi connectivity index (χ0v) is 14.6. The standard InChI is InChI=1S/C16H17F9O4/c17-13(18,14(19,20)15(21,22)16(23,24)25)7-6-9(11(26)27)10(12(28)29)8-4-2-1-3-5-8/h8H,1-7H2,(H,26,27)(H,28,29)/b10-9+. The van der Waals surface area contributed by atoms with Gasteiger partial charge in [-0.25, -0.2) is 9.59 Å². The predicted octanol–water partition coefficient (Wildman–Crippen LogP) is 5.28. The molecule has 0 aromatic rings. The lowest BCUT2D eigenvalue weighted by molar-refractivity contribution is -0.396. The molecule has 0 bridgehead atoms. The van der Waals surface area contributed by atoms with Gasteiger partial charge in [0.05, 0.1) is 5.57 Å². The molecule has 1 aliphatic rings. The maximum Gasteiger partial charge on any atom is 0.460 e. The fourth-order valence-electron chi connectivity index (χ4n) is 3.14. The Morgan fingerprint density at radius 1 is 0.759 bits per heavy atom. The molecule has 0 amide bonds. The quantitative estimate of drug-likeness (QED) is 0.395. The van der Waals surface area contributed by atoms with Gasteiger partial charge in [-0.1, -0.05) is 19.3 Å². The van der Waals surface area contributed by atoms with Crippen LogP contribution < -0.4 is 0 Å². The van der Waals surface area contributed by atoms with Crippen LogP contribution in [-0.4, -0.2) is 46.1 Å². The molecule has 1 rings (SSSR count). The number of alkyl halides is 9. The van der Waals surface area contributed by atoms with Crippen molar-refractivity contribution in [3.63, 3.8) is 0 Å². The minimum Gasteiger partial charge on any atom is -0.478 e. The Kier molecular flexibility index (Phi) is 7.29. The van der Waals surface area contributed by atoms with Crippen LogP contribution in [-0.2, 0) is 9.59 Å². The first kappa shape index (κ1) is 25.1. The third-order valence-corrected chi connectivity index (χ3v) is 4.73. The average molecular weight is 444 g/mol. The zero-order chi connectivity index (χ0) is 22.8. The monoisotopic (exact) mass is 444 g/mol. The highest BCUT2D eigenvalue weighted by atomic mass is 19.4. The van der Waals surface area contributed by atoms with Crippen LogP contribution in [0.5, 0.6) is 0 Å². The smallest absolute Gasteiger partial charge is 0.460 e. The van der Waals surface area contributed by atoms with Gasteiger partial charge < -0.3 is 10.2 Å². The second kappa shape index (κ2) is 8.42. The molecule has 0 aromatic carbocycles. The van der Waals surface area contributed by atoms with Crippen LogP contribution in [0.3, 0.4) is 0 Å². The molecule has 0 aliphatic heterocycles. The fraction of sp³-hybridized carbons (Fsp3) is 0.750. The second-order valence-electron chi connectivity index (χ2n) is 6.69. The first-order chi connectivity index (χ1) is 13.0. The number of aliphatic carboxylic acids is 2. The molecule has 0 radical (unpaired) electrons. The molecule has 13 heteroatoms. The number of hydrogen-bond donors (Lipinski definition) is 2. The van der Waals surface area contributed by atoms with Crippen LogP contribution in [0.4, 0.5) is 39.5 Å². The van der Waals surface area contributed by atoms with Gasteiger partial charge in [0.25, 0.3) is 0 Å². The summed E-state index contributed by atoms with van der Waals surface area (Å²) in [6, 6.07) is 0. The highest BCUT2D eigenvalue weighted by Gasteiger charge is 2.81. The number of hydrogen-bond acceptors (Lipinski definition) is 2. The zero-order valence-electron chi connectivity index (χ0n) is 14.6. The third-order valence-electron chi connectivity index (χ3n) is 4.73. The summed E-state index contributed by atoms with van der Waals surface area (Å²) in [5.74, 6) is -24.7. The Morgan fingerprint density at radius 3 is 1.62 bits per heavy atom. The van der Waals surface area contributed by atoms with E-state index in [1.807, 2.05) is 0 Å². The Hall–Kier alpha value is -1.95. The molecule has 0 aromatic heterocycles. The van der Waals surface area contributed by atoms with Gasteiger partial charge in [0, 0.05) is 12.0 Å². The highest BCUT2D eigenvalue weighted by Crippen LogP contribution is 2.54. The van der Waals surface area contributed by atoms with Gasteiger partial charge in [-0.3, -0.25) is 0 Å². The normalized spacial score (nSPS) is 18.4. The summed E-state index contributed by atoms with van der Waals surface area (Å²) < 4.78 is 116. The van der Waals surface area contributed by atoms with E-state index in [9.17, 15) is 54.2 Å². The first-order valence-electron chi connectivity index (χ1n) is 8.37. The van der Waals surface area contributed by atoms with Gasteiger partial charge >= 0.3 is 35.9 Å². The van der Waals surface area contributed by atoms with Crippen molar-refractivity contribution >= 4 is 11.9 Å². The number of carbonyl (C=O) groups is 2. The lowest BCUT2D eigenvalue weighted by Crippen LogP contribution is -2.60. The molecule has 2 N–H and O–H groups in total. The Balaban J connectivity index is 3.26. The van der Waals surface area contributed by atoms with E-state index in [1.54, 1.807) is 0 Å². The molecule has 0 unspecified atom stereocenters. The van der Waals surface area contributed by atoms with Crippen molar-refractivity contribution in [1.29, 1.82) is 0 Å². The van der Waals surface area contributed by atoms with E-state index in [1.165, 1.54) is 0 Å².